The zero-order valence-corrected chi connectivity index (χ0v) is 13.2. The Hall–Kier alpha value is -1.68. The number of nitrogens with zero attached hydrogens (tertiary/aromatic N) is 2. The van der Waals surface area contributed by atoms with Crippen LogP contribution in [0.5, 0.6) is 0 Å². The second-order valence-corrected chi connectivity index (χ2v) is 6.15. The fourth-order valence-corrected chi connectivity index (χ4v) is 2.87. The van der Waals surface area contributed by atoms with E-state index in [2.05, 4.69) is 36.1 Å². The van der Waals surface area contributed by atoms with Gasteiger partial charge in [-0.15, -0.1) is 0 Å². The van der Waals surface area contributed by atoms with E-state index in [1.54, 1.807) is 6.26 Å². The maximum Gasteiger partial charge on any atom is 0.196 e. The van der Waals surface area contributed by atoms with Gasteiger partial charge >= 0.3 is 0 Å². The van der Waals surface area contributed by atoms with E-state index in [0.29, 0.717) is 11.7 Å². The molecule has 1 saturated carbocycles. The van der Waals surface area contributed by atoms with Gasteiger partial charge in [0.05, 0.1) is 6.26 Å². The van der Waals surface area contributed by atoms with Gasteiger partial charge in [0.15, 0.2) is 11.6 Å². The minimum atomic E-state index is 0.428. The number of hydrogen-bond donors (Lipinski definition) is 1. The van der Waals surface area contributed by atoms with E-state index in [-0.39, 0.29) is 0 Å². The monoisotopic (exact) mass is 285 g/mol. The SMILES string of the molecule is Cc1ccoc1-c1nc(C)c(C(C)CNC2CC2)c(C)n1. The number of hydrogen-bond acceptors (Lipinski definition) is 4. The second-order valence-electron chi connectivity index (χ2n) is 6.15. The molecule has 1 fully saturated rings. The van der Waals surface area contributed by atoms with E-state index in [0.717, 1.165) is 35.3 Å². The van der Waals surface area contributed by atoms with Crippen LogP contribution in [0.4, 0.5) is 0 Å². The maximum absolute atomic E-state index is 5.51. The lowest BCUT2D eigenvalue weighted by atomic mass is 9.98. The summed E-state index contributed by atoms with van der Waals surface area (Å²) in [5.41, 5.74) is 4.44. The standard InChI is InChI=1S/C17H23N3O/c1-10-7-8-21-16(10)17-19-12(3)15(13(4)20-17)11(2)9-18-14-5-6-14/h7-8,11,14,18H,5-6,9H2,1-4H3. The summed E-state index contributed by atoms with van der Waals surface area (Å²) in [6.45, 7) is 9.39. The molecular weight excluding hydrogens is 262 g/mol. The molecule has 2 aromatic heterocycles. The average molecular weight is 285 g/mol. The summed E-state index contributed by atoms with van der Waals surface area (Å²) >= 11 is 0. The summed E-state index contributed by atoms with van der Waals surface area (Å²) in [5.74, 6) is 1.90. The molecular formula is C17H23N3O. The van der Waals surface area contributed by atoms with E-state index < -0.39 is 0 Å². The Balaban J connectivity index is 1.86. The predicted molar refractivity (Wildman–Crippen MR) is 83.4 cm³/mol. The van der Waals surface area contributed by atoms with Gasteiger partial charge in [-0.1, -0.05) is 6.92 Å². The van der Waals surface area contributed by atoms with Crippen LogP contribution in [0.15, 0.2) is 16.7 Å². The molecule has 0 bridgehead atoms. The minimum Gasteiger partial charge on any atom is -0.461 e. The lowest BCUT2D eigenvalue weighted by Gasteiger charge is -2.17. The molecule has 21 heavy (non-hydrogen) atoms. The molecule has 1 unspecified atom stereocenters. The first-order valence-electron chi connectivity index (χ1n) is 7.69. The van der Waals surface area contributed by atoms with Crippen molar-refractivity contribution in [1.29, 1.82) is 0 Å². The van der Waals surface area contributed by atoms with Crippen molar-refractivity contribution in [2.75, 3.05) is 6.54 Å². The molecule has 1 aliphatic rings. The number of aromatic nitrogens is 2. The van der Waals surface area contributed by atoms with Gasteiger partial charge < -0.3 is 9.73 Å². The summed E-state index contributed by atoms with van der Waals surface area (Å²) in [6, 6.07) is 2.68. The summed E-state index contributed by atoms with van der Waals surface area (Å²) in [7, 11) is 0. The fraction of sp³-hybridized carbons (Fsp3) is 0.529. The number of nitrogens with one attached hydrogen (secondary N) is 1. The van der Waals surface area contributed by atoms with Gasteiger partial charge in [0.25, 0.3) is 0 Å². The molecule has 3 rings (SSSR count). The van der Waals surface area contributed by atoms with E-state index in [1.165, 1.54) is 18.4 Å². The lowest BCUT2D eigenvalue weighted by Crippen LogP contribution is -2.23. The van der Waals surface area contributed by atoms with Gasteiger partial charge in [0, 0.05) is 24.0 Å². The first-order chi connectivity index (χ1) is 10.1. The van der Waals surface area contributed by atoms with Gasteiger partial charge in [-0.2, -0.15) is 0 Å². The molecule has 1 atom stereocenters. The van der Waals surface area contributed by atoms with Crippen molar-refractivity contribution in [2.24, 2.45) is 0 Å². The molecule has 0 saturated heterocycles. The van der Waals surface area contributed by atoms with Crippen molar-refractivity contribution in [1.82, 2.24) is 15.3 Å². The molecule has 4 heteroatoms. The maximum atomic E-state index is 5.51. The topological polar surface area (TPSA) is 51.0 Å². The zero-order valence-electron chi connectivity index (χ0n) is 13.2. The summed E-state index contributed by atoms with van der Waals surface area (Å²) in [4.78, 5) is 9.34. The van der Waals surface area contributed by atoms with E-state index in [1.807, 2.05) is 13.0 Å². The van der Waals surface area contributed by atoms with Crippen LogP contribution in [0.2, 0.25) is 0 Å². The summed E-state index contributed by atoms with van der Waals surface area (Å²) < 4.78 is 5.51. The van der Waals surface area contributed by atoms with Crippen LogP contribution in [0.3, 0.4) is 0 Å². The highest BCUT2D eigenvalue weighted by Gasteiger charge is 2.23. The van der Waals surface area contributed by atoms with Crippen LogP contribution in [0, 0.1) is 20.8 Å². The third-order valence-electron chi connectivity index (χ3n) is 4.17. The smallest absolute Gasteiger partial charge is 0.196 e. The van der Waals surface area contributed by atoms with Gasteiger partial charge in [-0.05, 0) is 56.7 Å². The quantitative estimate of drug-likeness (QED) is 0.913. The first-order valence-corrected chi connectivity index (χ1v) is 7.69. The third kappa shape index (κ3) is 3.00. The van der Waals surface area contributed by atoms with Gasteiger partial charge in [0.1, 0.15) is 0 Å². The second kappa shape index (κ2) is 5.60. The summed E-state index contributed by atoms with van der Waals surface area (Å²) in [6.07, 6.45) is 4.32. The molecule has 0 amide bonds. The Morgan fingerprint density at radius 2 is 1.90 bits per heavy atom. The molecule has 2 heterocycles. The lowest BCUT2D eigenvalue weighted by molar-refractivity contribution is 0.572. The average Bonchev–Trinajstić information content (AvgIpc) is 3.16. The normalized spacial score (nSPS) is 16.2. The van der Waals surface area contributed by atoms with Crippen LogP contribution in [-0.4, -0.2) is 22.6 Å². The predicted octanol–water partition coefficient (Wildman–Crippen LogP) is 3.52. The highest BCUT2D eigenvalue weighted by molar-refractivity contribution is 5.53. The van der Waals surface area contributed by atoms with Crippen LogP contribution in [0.1, 0.15) is 48.2 Å². The van der Waals surface area contributed by atoms with Crippen molar-refractivity contribution in [2.45, 2.75) is 52.5 Å². The van der Waals surface area contributed by atoms with Gasteiger partial charge in [-0.25, -0.2) is 9.97 Å². The van der Waals surface area contributed by atoms with E-state index in [9.17, 15) is 0 Å². The van der Waals surface area contributed by atoms with Gasteiger partial charge in [0.2, 0.25) is 0 Å². The Morgan fingerprint density at radius 1 is 1.24 bits per heavy atom. The van der Waals surface area contributed by atoms with Gasteiger partial charge in [-0.3, -0.25) is 0 Å². The van der Waals surface area contributed by atoms with Crippen molar-refractivity contribution in [3.8, 4) is 11.6 Å². The Labute approximate surface area is 126 Å². The Bertz CT molecular complexity index is 620. The number of aryl methyl sites for hydroxylation is 3. The molecule has 0 aliphatic heterocycles. The minimum absolute atomic E-state index is 0.428. The summed E-state index contributed by atoms with van der Waals surface area (Å²) in [5, 5.41) is 3.59. The zero-order chi connectivity index (χ0) is 15.0. The molecule has 4 nitrogen and oxygen atoms in total. The van der Waals surface area contributed by atoms with Crippen molar-refractivity contribution in [3.05, 3.63) is 34.8 Å². The molecule has 0 aromatic carbocycles. The molecule has 0 spiro atoms. The highest BCUT2D eigenvalue weighted by atomic mass is 16.3. The van der Waals surface area contributed by atoms with E-state index in [4.69, 9.17) is 4.42 Å². The van der Waals surface area contributed by atoms with Crippen LogP contribution < -0.4 is 5.32 Å². The molecule has 2 aromatic rings. The Kier molecular flexibility index (Phi) is 3.81. The van der Waals surface area contributed by atoms with Crippen LogP contribution >= 0.6 is 0 Å². The van der Waals surface area contributed by atoms with Crippen molar-refractivity contribution >= 4 is 0 Å². The number of rotatable bonds is 5. The first kappa shape index (κ1) is 14.3. The van der Waals surface area contributed by atoms with Crippen LogP contribution in [0.25, 0.3) is 11.6 Å². The van der Waals surface area contributed by atoms with E-state index >= 15 is 0 Å². The fourth-order valence-electron chi connectivity index (χ4n) is 2.87. The molecule has 1 N–H and O–H groups in total. The third-order valence-corrected chi connectivity index (χ3v) is 4.17. The van der Waals surface area contributed by atoms with Crippen molar-refractivity contribution < 1.29 is 4.42 Å². The molecule has 1 aliphatic carbocycles. The molecule has 0 radical (unpaired) electrons. The molecule has 112 valence electrons. The number of furan rings is 1. The van der Waals surface area contributed by atoms with Crippen molar-refractivity contribution in [3.63, 3.8) is 0 Å². The highest BCUT2D eigenvalue weighted by Crippen LogP contribution is 2.27. The Morgan fingerprint density at radius 3 is 2.43 bits per heavy atom. The largest absolute Gasteiger partial charge is 0.461 e. The van der Waals surface area contributed by atoms with Crippen LogP contribution in [-0.2, 0) is 0 Å².